The third-order valence-electron chi connectivity index (χ3n) is 3.05. The van der Waals surface area contributed by atoms with E-state index in [0.717, 1.165) is 18.2 Å². The highest BCUT2D eigenvalue weighted by Crippen LogP contribution is 2.23. The van der Waals surface area contributed by atoms with Crippen LogP contribution in [0.3, 0.4) is 0 Å². The molecule has 0 saturated heterocycles. The van der Waals surface area contributed by atoms with Crippen molar-refractivity contribution < 1.29 is 34.7 Å². The van der Waals surface area contributed by atoms with Crippen molar-refractivity contribution in [1.29, 1.82) is 0 Å². The fourth-order valence-electron chi connectivity index (χ4n) is 1.93. The Hall–Kier alpha value is -2.57. The lowest BCUT2D eigenvalue weighted by atomic mass is 10.2. The minimum atomic E-state index is -4.38. The Bertz CT molecular complexity index is 1050. The average molecular weight is 422 g/mol. The Morgan fingerprint density at radius 3 is 2.22 bits per heavy atom. The number of nitrogens with two attached hydrogens (primary N) is 1. The van der Waals surface area contributed by atoms with Gasteiger partial charge in [-0.2, -0.15) is 8.78 Å². The number of halogens is 3. The van der Waals surface area contributed by atoms with Crippen molar-refractivity contribution in [1.82, 2.24) is 0 Å². The van der Waals surface area contributed by atoms with Crippen LogP contribution in [0.5, 0.6) is 5.75 Å². The van der Waals surface area contributed by atoms with Gasteiger partial charge in [-0.15, -0.1) is 0 Å². The maximum Gasteiger partial charge on any atom is 0.387 e. The van der Waals surface area contributed by atoms with Crippen LogP contribution in [0.2, 0.25) is 0 Å². The van der Waals surface area contributed by atoms with Gasteiger partial charge in [0.15, 0.2) is 0 Å². The van der Waals surface area contributed by atoms with Crippen LogP contribution in [-0.2, 0) is 20.0 Å². The number of anilines is 1. The molecular weight excluding hydrogens is 409 g/mol. The molecule has 0 spiro atoms. The van der Waals surface area contributed by atoms with Crippen molar-refractivity contribution in [3.05, 3.63) is 59.3 Å². The summed E-state index contributed by atoms with van der Waals surface area (Å²) in [4.78, 5) is -0.729. The number of sulfonamides is 2. The molecule has 0 heterocycles. The van der Waals surface area contributed by atoms with E-state index in [1.807, 2.05) is 4.72 Å². The molecular formula is C15H13F3N2O5S2. The third kappa shape index (κ3) is 6.27. The minimum Gasteiger partial charge on any atom is -0.435 e. The Kier molecular flexibility index (Phi) is 6.13. The molecule has 0 unspecified atom stereocenters. The highest BCUT2D eigenvalue weighted by atomic mass is 32.2. The first-order chi connectivity index (χ1) is 12.5. The van der Waals surface area contributed by atoms with Gasteiger partial charge in [0.25, 0.3) is 10.0 Å². The monoisotopic (exact) mass is 422 g/mol. The molecule has 2 rings (SSSR count). The highest BCUT2D eigenvalue weighted by molar-refractivity contribution is 7.95. The maximum atomic E-state index is 13.2. The number of alkyl halides is 2. The van der Waals surface area contributed by atoms with E-state index < -0.39 is 43.1 Å². The summed E-state index contributed by atoms with van der Waals surface area (Å²) < 4.78 is 90.6. The topological polar surface area (TPSA) is 116 Å². The quantitative estimate of drug-likeness (QED) is 0.711. The second kappa shape index (κ2) is 7.98. The maximum absolute atomic E-state index is 13.2. The van der Waals surface area contributed by atoms with Gasteiger partial charge in [-0.1, -0.05) is 12.1 Å². The van der Waals surface area contributed by atoms with Gasteiger partial charge in [-0.3, -0.25) is 4.72 Å². The zero-order valence-electron chi connectivity index (χ0n) is 13.3. The summed E-state index contributed by atoms with van der Waals surface area (Å²) >= 11 is 0. The number of nitrogens with one attached hydrogen (secondary N) is 1. The van der Waals surface area contributed by atoms with Crippen LogP contribution in [0, 0.1) is 5.82 Å². The summed E-state index contributed by atoms with van der Waals surface area (Å²) in [5.74, 6) is -1.02. The van der Waals surface area contributed by atoms with Crippen molar-refractivity contribution in [3.63, 3.8) is 0 Å². The highest BCUT2D eigenvalue weighted by Gasteiger charge is 2.18. The van der Waals surface area contributed by atoms with E-state index in [1.54, 1.807) is 0 Å². The molecule has 0 aliphatic carbocycles. The number of rotatable bonds is 7. The molecule has 0 saturated carbocycles. The summed E-state index contributed by atoms with van der Waals surface area (Å²) in [5.41, 5.74) is -0.0861. The first-order valence-electron chi connectivity index (χ1n) is 7.04. The third-order valence-corrected chi connectivity index (χ3v) is 5.00. The molecule has 12 heteroatoms. The smallest absolute Gasteiger partial charge is 0.387 e. The Morgan fingerprint density at radius 1 is 1.04 bits per heavy atom. The average Bonchev–Trinajstić information content (AvgIpc) is 2.54. The van der Waals surface area contributed by atoms with Crippen molar-refractivity contribution in [2.24, 2.45) is 5.14 Å². The van der Waals surface area contributed by atoms with E-state index in [2.05, 4.69) is 4.74 Å². The van der Waals surface area contributed by atoms with Gasteiger partial charge in [-0.05, 0) is 42.0 Å². The molecule has 0 aliphatic heterocycles. The SMILES string of the molecule is NS(=O)(=O)c1cc(F)ccc1NS(=O)(=O)C=Cc1ccc(OC(F)F)cc1. The second-order valence-electron chi connectivity index (χ2n) is 5.08. The van der Waals surface area contributed by atoms with Gasteiger partial charge >= 0.3 is 6.61 Å². The lowest BCUT2D eigenvalue weighted by Crippen LogP contribution is -2.17. The number of hydrogen-bond acceptors (Lipinski definition) is 5. The molecule has 7 nitrogen and oxygen atoms in total. The number of benzene rings is 2. The summed E-state index contributed by atoms with van der Waals surface area (Å²) in [6.07, 6.45) is 1.13. The molecule has 146 valence electrons. The molecule has 0 fully saturated rings. The van der Waals surface area contributed by atoms with Crippen molar-refractivity contribution in [2.75, 3.05) is 4.72 Å². The Morgan fingerprint density at radius 2 is 1.67 bits per heavy atom. The van der Waals surface area contributed by atoms with Crippen LogP contribution < -0.4 is 14.6 Å². The zero-order chi connectivity index (χ0) is 20.2. The molecule has 0 amide bonds. The summed E-state index contributed by atoms with van der Waals surface area (Å²) in [7, 11) is -8.56. The molecule has 2 aromatic carbocycles. The standard InChI is InChI=1S/C15H13F3N2O5S2/c16-11-3-6-13(14(9-11)27(19,23)24)20-26(21,22)8-7-10-1-4-12(5-2-10)25-15(17)18/h1-9,15,20H,(H2,19,23,24). The molecule has 27 heavy (non-hydrogen) atoms. The Labute approximate surface area is 153 Å². The molecule has 0 radical (unpaired) electrons. The Balaban J connectivity index is 2.22. The lowest BCUT2D eigenvalue weighted by molar-refractivity contribution is -0.0498. The van der Waals surface area contributed by atoms with E-state index >= 15 is 0 Å². The summed E-state index contributed by atoms with van der Waals surface area (Å²) in [5, 5.41) is 5.66. The number of primary sulfonamides is 1. The zero-order valence-corrected chi connectivity index (χ0v) is 15.0. The molecule has 2 aromatic rings. The van der Waals surface area contributed by atoms with Crippen LogP contribution in [0.15, 0.2) is 52.8 Å². The molecule has 3 N–H and O–H groups in total. The summed E-state index contributed by atoms with van der Waals surface area (Å²) in [6, 6.07) is 7.44. The van der Waals surface area contributed by atoms with Gasteiger partial charge in [-0.25, -0.2) is 26.4 Å². The normalized spacial score (nSPS) is 12.5. The largest absolute Gasteiger partial charge is 0.435 e. The van der Waals surface area contributed by atoms with E-state index in [4.69, 9.17) is 5.14 Å². The van der Waals surface area contributed by atoms with Crippen molar-refractivity contribution in [3.8, 4) is 5.75 Å². The fraction of sp³-hybridized carbons (Fsp3) is 0.0667. The molecule has 0 aromatic heterocycles. The minimum absolute atomic E-state index is 0.104. The van der Waals surface area contributed by atoms with Crippen molar-refractivity contribution >= 4 is 31.8 Å². The van der Waals surface area contributed by atoms with Crippen LogP contribution in [0.4, 0.5) is 18.9 Å². The fourth-order valence-corrected chi connectivity index (χ4v) is 3.59. The summed E-state index contributed by atoms with van der Waals surface area (Å²) in [6.45, 7) is -2.99. The second-order valence-corrected chi connectivity index (χ2v) is 8.18. The van der Waals surface area contributed by atoms with E-state index in [9.17, 15) is 30.0 Å². The van der Waals surface area contributed by atoms with Crippen LogP contribution in [0.25, 0.3) is 6.08 Å². The van der Waals surface area contributed by atoms with Gasteiger partial charge in [0.05, 0.1) is 11.1 Å². The predicted octanol–water partition coefficient (Wildman–Crippen LogP) is 2.49. The van der Waals surface area contributed by atoms with Crippen LogP contribution in [0.1, 0.15) is 5.56 Å². The van der Waals surface area contributed by atoms with Crippen molar-refractivity contribution in [2.45, 2.75) is 11.5 Å². The number of hydrogen-bond donors (Lipinski definition) is 2. The molecule has 0 bridgehead atoms. The van der Waals surface area contributed by atoms with Crippen LogP contribution >= 0.6 is 0 Å². The first-order valence-corrected chi connectivity index (χ1v) is 10.1. The van der Waals surface area contributed by atoms with E-state index in [-0.39, 0.29) is 5.75 Å². The van der Waals surface area contributed by atoms with Gasteiger partial charge in [0.1, 0.15) is 16.5 Å². The predicted molar refractivity (Wildman–Crippen MR) is 92.4 cm³/mol. The first kappa shape index (κ1) is 20.7. The number of ether oxygens (including phenoxy) is 1. The van der Waals surface area contributed by atoms with Crippen LogP contribution in [-0.4, -0.2) is 23.4 Å². The van der Waals surface area contributed by atoms with E-state index in [0.29, 0.717) is 17.0 Å². The van der Waals surface area contributed by atoms with Gasteiger partial charge in [0, 0.05) is 0 Å². The lowest BCUT2D eigenvalue weighted by Gasteiger charge is -2.09. The molecule has 0 aliphatic rings. The van der Waals surface area contributed by atoms with E-state index in [1.165, 1.54) is 24.3 Å². The van der Waals surface area contributed by atoms with Gasteiger partial charge in [0.2, 0.25) is 10.0 Å². The van der Waals surface area contributed by atoms with Gasteiger partial charge < -0.3 is 4.74 Å². The molecule has 0 atom stereocenters.